The summed E-state index contributed by atoms with van der Waals surface area (Å²) in [4.78, 5) is 0. The van der Waals surface area contributed by atoms with E-state index in [0.29, 0.717) is 0 Å². The van der Waals surface area contributed by atoms with Crippen LogP contribution in [0.5, 0.6) is 0 Å². The van der Waals surface area contributed by atoms with E-state index in [0.717, 1.165) is 13.1 Å². The molecule has 0 spiro atoms. The van der Waals surface area contributed by atoms with Gasteiger partial charge in [-0.2, -0.15) is 23.1 Å². The fraction of sp³-hybridized carbons (Fsp3) is 0.667. The number of hydrogen-bond donors (Lipinski definition) is 1. The Balaban J connectivity index is 1.81. The monoisotopic (exact) mass is 243 g/mol. The second-order valence-corrected chi connectivity index (χ2v) is 5.48. The Morgan fingerprint density at radius 3 is 2.87 bits per heavy atom. The van der Waals surface area contributed by atoms with Crippen molar-refractivity contribution in [1.29, 1.82) is 0 Å². The summed E-state index contributed by atoms with van der Waals surface area (Å²) in [7, 11) is 0. The molecule has 3 heteroatoms. The lowest BCUT2D eigenvalue weighted by Gasteiger charge is -2.03. The zero-order chi connectivity index (χ0) is 10.8. The topological polar surface area (TPSA) is 12.0 Å². The van der Waals surface area contributed by atoms with Crippen LogP contribution in [0.2, 0.25) is 0 Å². The molecule has 0 aliphatic carbocycles. The molecule has 1 rings (SSSR count). The summed E-state index contributed by atoms with van der Waals surface area (Å²) in [5, 5.41) is 7.83. The summed E-state index contributed by atoms with van der Waals surface area (Å²) in [6, 6.07) is 2.19. The van der Waals surface area contributed by atoms with Crippen LogP contribution in [0.15, 0.2) is 16.8 Å². The number of nitrogens with one attached hydrogen (secondary N) is 1. The van der Waals surface area contributed by atoms with Crippen LogP contribution in [-0.4, -0.2) is 18.6 Å². The fourth-order valence-corrected chi connectivity index (χ4v) is 2.64. The molecule has 0 aliphatic heterocycles. The first-order valence-corrected chi connectivity index (χ1v) is 7.98. The van der Waals surface area contributed by atoms with Gasteiger partial charge in [0.05, 0.1) is 0 Å². The lowest BCUT2D eigenvalue weighted by molar-refractivity contribution is 0.600. The molecule has 0 radical (unpaired) electrons. The van der Waals surface area contributed by atoms with E-state index in [1.165, 1.54) is 37.0 Å². The molecular formula is C12H21NS2. The van der Waals surface area contributed by atoms with E-state index in [1.807, 2.05) is 11.8 Å². The maximum absolute atomic E-state index is 3.48. The summed E-state index contributed by atoms with van der Waals surface area (Å²) in [6.45, 7) is 2.20. The predicted octanol–water partition coefficient (Wildman–Crippen LogP) is 3.76. The van der Waals surface area contributed by atoms with E-state index < -0.39 is 0 Å². The van der Waals surface area contributed by atoms with Gasteiger partial charge in [0.15, 0.2) is 0 Å². The standard InChI is InChI=1S/C12H21NS2/c1-14-8-5-3-2-4-7-13-10-12-6-9-15-11-12/h6,9,11,13H,2-5,7-8,10H2,1H3. The van der Waals surface area contributed by atoms with Crippen molar-refractivity contribution in [3.63, 3.8) is 0 Å². The average Bonchev–Trinajstić information content (AvgIpc) is 2.75. The minimum absolute atomic E-state index is 1.04. The smallest absolute Gasteiger partial charge is 0.0213 e. The number of thioether (sulfide) groups is 1. The van der Waals surface area contributed by atoms with Crippen molar-refractivity contribution in [2.24, 2.45) is 0 Å². The molecule has 0 saturated carbocycles. The summed E-state index contributed by atoms with van der Waals surface area (Å²) < 4.78 is 0. The van der Waals surface area contributed by atoms with Gasteiger partial charge in [-0.05, 0) is 53.8 Å². The van der Waals surface area contributed by atoms with Gasteiger partial charge >= 0.3 is 0 Å². The minimum Gasteiger partial charge on any atom is -0.313 e. The molecule has 0 amide bonds. The van der Waals surface area contributed by atoms with Gasteiger partial charge in [-0.1, -0.05) is 12.8 Å². The van der Waals surface area contributed by atoms with Crippen LogP contribution in [-0.2, 0) is 6.54 Å². The summed E-state index contributed by atoms with van der Waals surface area (Å²) in [5.41, 5.74) is 1.42. The van der Waals surface area contributed by atoms with Gasteiger partial charge in [-0.25, -0.2) is 0 Å². The van der Waals surface area contributed by atoms with Crippen molar-refractivity contribution in [2.75, 3.05) is 18.6 Å². The Bertz CT molecular complexity index is 222. The normalized spacial score (nSPS) is 10.7. The van der Waals surface area contributed by atoms with Crippen molar-refractivity contribution < 1.29 is 0 Å². The van der Waals surface area contributed by atoms with Crippen LogP contribution in [0.25, 0.3) is 0 Å². The molecule has 0 bridgehead atoms. The van der Waals surface area contributed by atoms with Gasteiger partial charge in [-0.15, -0.1) is 0 Å². The molecular weight excluding hydrogens is 222 g/mol. The molecule has 0 aromatic carbocycles. The average molecular weight is 243 g/mol. The molecule has 86 valence electrons. The van der Waals surface area contributed by atoms with E-state index in [-0.39, 0.29) is 0 Å². The largest absolute Gasteiger partial charge is 0.313 e. The minimum atomic E-state index is 1.04. The number of unbranched alkanes of at least 4 members (excludes halogenated alkanes) is 3. The first-order valence-electron chi connectivity index (χ1n) is 5.64. The maximum Gasteiger partial charge on any atom is 0.0213 e. The predicted molar refractivity (Wildman–Crippen MR) is 72.9 cm³/mol. The van der Waals surface area contributed by atoms with Gasteiger partial charge in [0.1, 0.15) is 0 Å². The Kier molecular flexibility index (Phi) is 8.07. The molecule has 0 saturated heterocycles. The molecule has 1 N–H and O–H groups in total. The maximum atomic E-state index is 3.48. The van der Waals surface area contributed by atoms with Gasteiger partial charge in [0, 0.05) is 6.54 Å². The van der Waals surface area contributed by atoms with Crippen LogP contribution < -0.4 is 5.32 Å². The Labute approximate surface area is 102 Å². The number of thiophene rings is 1. The first-order chi connectivity index (χ1) is 7.43. The molecule has 0 aliphatic rings. The number of rotatable bonds is 9. The van der Waals surface area contributed by atoms with E-state index in [4.69, 9.17) is 0 Å². The van der Waals surface area contributed by atoms with E-state index in [9.17, 15) is 0 Å². The van der Waals surface area contributed by atoms with E-state index >= 15 is 0 Å². The third-order valence-electron chi connectivity index (χ3n) is 2.36. The van der Waals surface area contributed by atoms with Crippen LogP contribution in [0, 0.1) is 0 Å². The van der Waals surface area contributed by atoms with Crippen molar-refractivity contribution >= 4 is 23.1 Å². The van der Waals surface area contributed by atoms with Crippen LogP contribution in [0.3, 0.4) is 0 Å². The van der Waals surface area contributed by atoms with E-state index in [2.05, 4.69) is 28.4 Å². The van der Waals surface area contributed by atoms with E-state index in [1.54, 1.807) is 11.3 Å². The lowest BCUT2D eigenvalue weighted by Crippen LogP contribution is -2.14. The Hall–Kier alpha value is 0.01000. The summed E-state index contributed by atoms with van der Waals surface area (Å²) in [6.07, 6.45) is 7.64. The summed E-state index contributed by atoms with van der Waals surface area (Å²) in [5.74, 6) is 1.32. The van der Waals surface area contributed by atoms with Crippen LogP contribution in [0.4, 0.5) is 0 Å². The van der Waals surface area contributed by atoms with Gasteiger partial charge in [0.25, 0.3) is 0 Å². The van der Waals surface area contributed by atoms with Gasteiger partial charge < -0.3 is 5.32 Å². The highest BCUT2D eigenvalue weighted by atomic mass is 32.2. The third-order valence-corrected chi connectivity index (χ3v) is 3.79. The lowest BCUT2D eigenvalue weighted by atomic mass is 10.2. The Morgan fingerprint density at radius 2 is 2.13 bits per heavy atom. The molecule has 1 aromatic heterocycles. The van der Waals surface area contributed by atoms with Crippen molar-refractivity contribution in [3.8, 4) is 0 Å². The first kappa shape index (κ1) is 13.1. The highest BCUT2D eigenvalue weighted by Gasteiger charge is 1.92. The summed E-state index contributed by atoms with van der Waals surface area (Å²) >= 11 is 3.73. The fourth-order valence-electron chi connectivity index (χ4n) is 1.48. The third kappa shape index (κ3) is 6.98. The molecule has 15 heavy (non-hydrogen) atoms. The highest BCUT2D eigenvalue weighted by molar-refractivity contribution is 7.98. The molecule has 0 atom stereocenters. The SMILES string of the molecule is CSCCCCCCNCc1ccsc1. The van der Waals surface area contributed by atoms with Crippen molar-refractivity contribution in [3.05, 3.63) is 22.4 Å². The zero-order valence-electron chi connectivity index (χ0n) is 9.50. The molecule has 1 aromatic rings. The number of hydrogen-bond acceptors (Lipinski definition) is 3. The van der Waals surface area contributed by atoms with Crippen molar-refractivity contribution in [1.82, 2.24) is 5.32 Å². The molecule has 0 unspecified atom stereocenters. The van der Waals surface area contributed by atoms with Crippen LogP contribution in [0.1, 0.15) is 31.2 Å². The molecule has 1 nitrogen and oxygen atoms in total. The molecule has 0 fully saturated rings. The van der Waals surface area contributed by atoms with Crippen molar-refractivity contribution in [2.45, 2.75) is 32.2 Å². The molecule has 1 heterocycles. The Morgan fingerprint density at radius 1 is 1.27 bits per heavy atom. The van der Waals surface area contributed by atoms with Crippen LogP contribution >= 0.6 is 23.1 Å². The highest BCUT2D eigenvalue weighted by Crippen LogP contribution is 2.06. The van der Waals surface area contributed by atoms with Gasteiger partial charge in [0.2, 0.25) is 0 Å². The second kappa shape index (κ2) is 9.25. The zero-order valence-corrected chi connectivity index (χ0v) is 11.1. The quantitative estimate of drug-likeness (QED) is 0.663. The second-order valence-electron chi connectivity index (χ2n) is 3.72. The van der Waals surface area contributed by atoms with Gasteiger partial charge in [-0.3, -0.25) is 0 Å².